The third-order valence-electron chi connectivity index (χ3n) is 5.43. The lowest BCUT2D eigenvalue weighted by Crippen LogP contribution is -2.12. The van der Waals surface area contributed by atoms with Crippen LogP contribution >= 0.6 is 11.3 Å². The Balaban J connectivity index is 0.000000421. The number of benzene rings is 1. The Kier molecular flexibility index (Phi) is 7.47. The average molecular weight is 496 g/mol. The summed E-state index contributed by atoms with van der Waals surface area (Å²) >= 11 is 1.10. The van der Waals surface area contributed by atoms with Gasteiger partial charge in [0.25, 0.3) is 5.91 Å². The van der Waals surface area contributed by atoms with E-state index in [0.29, 0.717) is 38.1 Å². The number of aryl methyl sites for hydroxylation is 1. The van der Waals surface area contributed by atoms with E-state index in [1.807, 2.05) is 0 Å². The quantitative estimate of drug-likeness (QED) is 0.327. The first-order chi connectivity index (χ1) is 16.9. The number of aldehydes is 1. The van der Waals surface area contributed by atoms with Gasteiger partial charge in [-0.15, -0.1) is 0 Å². The van der Waals surface area contributed by atoms with Crippen LogP contribution in [0.15, 0.2) is 36.5 Å². The van der Waals surface area contributed by atoms with Crippen LogP contribution in [0.5, 0.6) is 0 Å². The number of carbonyl (C=O) groups is 2. The molecule has 35 heavy (non-hydrogen) atoms. The normalized spacial score (nSPS) is 12.8. The molecule has 0 spiro atoms. The fraction of sp³-hybridized carbons (Fsp3) is 0.292. The van der Waals surface area contributed by atoms with E-state index in [-0.39, 0.29) is 12.1 Å². The second-order valence-corrected chi connectivity index (χ2v) is 9.38. The summed E-state index contributed by atoms with van der Waals surface area (Å²) in [4.78, 5) is 34.3. The number of nitrogens with one attached hydrogen (secondary N) is 3. The maximum absolute atomic E-state index is 14.3. The molecule has 9 nitrogen and oxygen atoms in total. The summed E-state index contributed by atoms with van der Waals surface area (Å²) in [7, 11) is 4.27. The SMILES string of the molecule is CN(C)C1CC1.Cc1[nH]nc2ccc(F)c(NC(=O)c3cnc(Nc4cccc(CC=O)n4)s3)c12. The van der Waals surface area contributed by atoms with Gasteiger partial charge in [-0.25, -0.2) is 14.4 Å². The monoisotopic (exact) mass is 495 g/mol. The maximum Gasteiger partial charge on any atom is 0.267 e. The molecular formula is C24H26FN7O2S. The molecule has 1 amide bonds. The number of anilines is 3. The van der Waals surface area contributed by atoms with Gasteiger partial charge >= 0.3 is 0 Å². The maximum atomic E-state index is 14.3. The van der Waals surface area contributed by atoms with E-state index in [1.165, 1.54) is 25.1 Å². The third kappa shape index (κ3) is 6.06. The summed E-state index contributed by atoms with van der Waals surface area (Å²) in [6, 6.07) is 8.98. The minimum absolute atomic E-state index is 0.0740. The van der Waals surface area contributed by atoms with Crippen LogP contribution in [0.4, 0.5) is 21.0 Å². The summed E-state index contributed by atoms with van der Waals surface area (Å²) in [6.45, 7) is 1.75. The summed E-state index contributed by atoms with van der Waals surface area (Å²) in [6.07, 6.45) is 5.24. The van der Waals surface area contributed by atoms with E-state index < -0.39 is 11.7 Å². The number of thiazole rings is 1. The van der Waals surface area contributed by atoms with Gasteiger partial charge in [-0.05, 0) is 58.1 Å². The number of hydrogen-bond donors (Lipinski definition) is 3. The fourth-order valence-corrected chi connectivity index (χ4v) is 4.14. The number of carbonyl (C=O) groups excluding carboxylic acids is 2. The van der Waals surface area contributed by atoms with Gasteiger partial charge < -0.3 is 20.3 Å². The largest absolute Gasteiger partial charge is 0.318 e. The van der Waals surface area contributed by atoms with Crippen molar-refractivity contribution in [2.75, 3.05) is 24.7 Å². The number of hydrogen-bond acceptors (Lipinski definition) is 8. The van der Waals surface area contributed by atoms with Crippen LogP contribution in [0.2, 0.25) is 0 Å². The highest BCUT2D eigenvalue weighted by atomic mass is 32.1. The Hall–Kier alpha value is -3.70. The lowest BCUT2D eigenvalue weighted by molar-refractivity contribution is -0.107. The average Bonchev–Trinajstić information content (AvgIpc) is 3.49. The van der Waals surface area contributed by atoms with Crippen LogP contribution in [0.3, 0.4) is 0 Å². The highest BCUT2D eigenvalue weighted by Crippen LogP contribution is 2.29. The van der Waals surface area contributed by atoms with Gasteiger partial charge in [-0.3, -0.25) is 9.89 Å². The molecule has 4 aromatic rings. The molecular weight excluding hydrogens is 469 g/mol. The Morgan fingerprint density at radius 3 is 2.77 bits per heavy atom. The van der Waals surface area contributed by atoms with E-state index in [9.17, 15) is 14.0 Å². The molecule has 0 bridgehead atoms. The van der Waals surface area contributed by atoms with Gasteiger partial charge in [-0.1, -0.05) is 17.4 Å². The topological polar surface area (TPSA) is 116 Å². The van der Waals surface area contributed by atoms with Crippen molar-refractivity contribution in [2.24, 2.45) is 0 Å². The van der Waals surface area contributed by atoms with E-state index >= 15 is 0 Å². The second-order valence-electron chi connectivity index (χ2n) is 8.35. The van der Waals surface area contributed by atoms with Gasteiger partial charge in [0.2, 0.25) is 0 Å². The highest BCUT2D eigenvalue weighted by Gasteiger charge is 2.22. The first-order valence-corrected chi connectivity index (χ1v) is 11.9. The molecule has 5 rings (SSSR count). The predicted octanol–water partition coefficient (Wildman–Crippen LogP) is 4.31. The molecule has 0 saturated heterocycles. The van der Waals surface area contributed by atoms with Crippen molar-refractivity contribution < 1.29 is 14.0 Å². The van der Waals surface area contributed by atoms with Crippen molar-refractivity contribution in [1.29, 1.82) is 0 Å². The van der Waals surface area contributed by atoms with Crippen molar-refractivity contribution in [2.45, 2.75) is 32.2 Å². The van der Waals surface area contributed by atoms with Gasteiger partial charge in [0.1, 0.15) is 22.8 Å². The first-order valence-electron chi connectivity index (χ1n) is 11.1. The predicted molar refractivity (Wildman–Crippen MR) is 135 cm³/mol. The fourth-order valence-electron chi connectivity index (χ4n) is 3.42. The van der Waals surface area contributed by atoms with E-state index in [2.05, 4.69) is 49.8 Å². The number of fused-ring (bicyclic) bond motifs is 1. The highest BCUT2D eigenvalue weighted by molar-refractivity contribution is 7.17. The summed E-state index contributed by atoms with van der Waals surface area (Å²) in [5.74, 6) is -0.518. The Bertz CT molecular complexity index is 1350. The van der Waals surface area contributed by atoms with Crippen molar-refractivity contribution in [1.82, 2.24) is 25.1 Å². The van der Waals surface area contributed by atoms with Crippen LogP contribution in [0.1, 0.15) is 33.9 Å². The molecule has 3 aromatic heterocycles. The van der Waals surface area contributed by atoms with Crippen LogP contribution in [0, 0.1) is 12.7 Å². The van der Waals surface area contributed by atoms with Crippen LogP contribution < -0.4 is 10.6 Å². The minimum atomic E-state index is -0.547. The summed E-state index contributed by atoms with van der Waals surface area (Å²) in [5.41, 5.74) is 1.92. The summed E-state index contributed by atoms with van der Waals surface area (Å²) in [5, 5.41) is 13.5. The summed E-state index contributed by atoms with van der Waals surface area (Å²) < 4.78 is 14.3. The molecule has 3 heterocycles. The number of amides is 1. The molecule has 11 heteroatoms. The number of aromatic amines is 1. The Labute approximate surface area is 205 Å². The molecule has 1 aliphatic carbocycles. The number of H-pyrrole nitrogens is 1. The standard InChI is InChI=1S/C19H15FN6O2S.C5H11N/c1-10-16-13(26-25-10)6-5-12(20)17(16)24-18(28)14-9-21-19(29-14)23-15-4-2-3-11(22-15)7-8-27;1-6(2)5-3-4-5/h2-6,8-9H,7H2,1H3,(H,24,28)(H,25,26)(H,21,22,23);5H,3-4H2,1-2H3. The van der Waals surface area contributed by atoms with Crippen molar-refractivity contribution >= 4 is 51.1 Å². The minimum Gasteiger partial charge on any atom is -0.318 e. The van der Waals surface area contributed by atoms with Gasteiger partial charge in [-0.2, -0.15) is 5.10 Å². The zero-order valence-corrected chi connectivity index (χ0v) is 20.4. The number of pyridine rings is 1. The second kappa shape index (κ2) is 10.7. The molecule has 0 unspecified atom stereocenters. The lowest BCUT2D eigenvalue weighted by atomic mass is 10.1. The van der Waals surface area contributed by atoms with Gasteiger partial charge in [0, 0.05) is 29.2 Å². The molecule has 0 atom stereocenters. The van der Waals surface area contributed by atoms with Crippen LogP contribution in [0.25, 0.3) is 10.9 Å². The number of halogens is 1. The van der Waals surface area contributed by atoms with Crippen molar-refractivity contribution in [3.05, 3.63) is 58.6 Å². The number of aromatic nitrogens is 4. The molecule has 1 aliphatic rings. The first kappa shape index (κ1) is 24.4. The van der Waals surface area contributed by atoms with Gasteiger partial charge in [0.05, 0.1) is 17.4 Å². The molecule has 1 aromatic carbocycles. The molecule has 1 fully saturated rings. The molecule has 0 radical (unpaired) electrons. The Morgan fingerprint density at radius 2 is 2.09 bits per heavy atom. The lowest BCUT2D eigenvalue weighted by Gasteiger charge is -2.07. The molecule has 0 aliphatic heterocycles. The smallest absolute Gasteiger partial charge is 0.267 e. The van der Waals surface area contributed by atoms with Crippen molar-refractivity contribution in [3.63, 3.8) is 0 Å². The number of rotatable bonds is 7. The Morgan fingerprint density at radius 1 is 1.29 bits per heavy atom. The third-order valence-corrected chi connectivity index (χ3v) is 6.34. The molecule has 1 saturated carbocycles. The van der Waals surface area contributed by atoms with E-state index in [4.69, 9.17) is 0 Å². The van der Waals surface area contributed by atoms with E-state index in [0.717, 1.165) is 23.7 Å². The van der Waals surface area contributed by atoms with Crippen LogP contribution in [-0.4, -0.2) is 57.4 Å². The molecule has 182 valence electrons. The van der Waals surface area contributed by atoms with Gasteiger partial charge in [0.15, 0.2) is 5.13 Å². The van der Waals surface area contributed by atoms with Crippen molar-refractivity contribution in [3.8, 4) is 0 Å². The zero-order valence-electron chi connectivity index (χ0n) is 19.6. The van der Waals surface area contributed by atoms with E-state index in [1.54, 1.807) is 31.2 Å². The van der Waals surface area contributed by atoms with Crippen LogP contribution in [-0.2, 0) is 11.2 Å². The number of nitrogens with zero attached hydrogens (tertiary/aromatic N) is 4. The molecule has 3 N–H and O–H groups in total. The zero-order chi connectivity index (χ0) is 24.9.